The minimum absolute atomic E-state index is 0.111. The fraction of sp³-hybridized carbons (Fsp3) is 0.222. The van der Waals surface area contributed by atoms with Gasteiger partial charge in [-0.15, -0.1) is 0 Å². The largest absolute Gasteiger partial charge is 0.668 e. The summed E-state index contributed by atoms with van der Waals surface area (Å²) in [4.78, 5) is 10.8. The molecule has 0 bridgehead atoms. The standard InChI is InChI=1S/C9H9BFO6/c11-6-2-1-5-3-16-4-10(14,15)17-8(5)7(6)9(12)13/h1-2,14-15H,3-4H2,(H,12,13)/q-1/p-1. The molecule has 0 spiro atoms. The van der Waals surface area contributed by atoms with E-state index in [4.69, 9.17) is 9.39 Å². The van der Waals surface area contributed by atoms with Crippen molar-refractivity contribution in [2.75, 3.05) is 6.51 Å². The van der Waals surface area contributed by atoms with Gasteiger partial charge in [-0.3, -0.25) is 0 Å². The quantitative estimate of drug-likeness (QED) is 0.585. The average molecular weight is 242 g/mol. The van der Waals surface area contributed by atoms with Crippen molar-refractivity contribution in [2.24, 2.45) is 0 Å². The maximum Gasteiger partial charge on any atom is 0.455 e. The molecule has 0 saturated carbocycles. The zero-order valence-electron chi connectivity index (χ0n) is 8.55. The van der Waals surface area contributed by atoms with Gasteiger partial charge < -0.3 is 29.3 Å². The number of ether oxygens (including phenoxy) is 1. The van der Waals surface area contributed by atoms with Crippen LogP contribution < -0.4 is 9.76 Å². The first-order valence-corrected chi connectivity index (χ1v) is 4.80. The van der Waals surface area contributed by atoms with Gasteiger partial charge in [0.1, 0.15) is 5.82 Å². The summed E-state index contributed by atoms with van der Waals surface area (Å²) < 4.78 is 22.9. The zero-order chi connectivity index (χ0) is 12.6. The molecule has 6 nitrogen and oxygen atoms in total. The van der Waals surface area contributed by atoms with Crippen LogP contribution in [0.3, 0.4) is 0 Å². The van der Waals surface area contributed by atoms with Gasteiger partial charge in [0.2, 0.25) is 0 Å². The number of carboxylic acids is 1. The van der Waals surface area contributed by atoms with E-state index >= 15 is 0 Å². The number of hydrogen-bond acceptors (Lipinski definition) is 6. The minimum atomic E-state index is -3.37. The van der Waals surface area contributed by atoms with Crippen molar-refractivity contribution in [1.29, 1.82) is 0 Å². The van der Waals surface area contributed by atoms with Crippen molar-refractivity contribution in [3.63, 3.8) is 0 Å². The van der Waals surface area contributed by atoms with Crippen LogP contribution in [0.2, 0.25) is 0 Å². The Morgan fingerprint density at radius 3 is 2.82 bits per heavy atom. The molecule has 2 rings (SSSR count). The molecule has 0 aromatic heterocycles. The molecule has 0 fully saturated rings. The summed E-state index contributed by atoms with van der Waals surface area (Å²) in [5.74, 6) is -3.34. The third kappa shape index (κ3) is 2.23. The molecule has 1 aromatic carbocycles. The minimum Gasteiger partial charge on any atom is -0.668 e. The van der Waals surface area contributed by atoms with Gasteiger partial charge >= 0.3 is 6.75 Å². The Morgan fingerprint density at radius 2 is 2.18 bits per heavy atom. The Hall–Kier alpha value is -1.64. The molecule has 0 saturated heterocycles. The average Bonchev–Trinajstić information content (AvgIpc) is 2.34. The number of fused-ring (bicyclic) bond motifs is 1. The highest BCUT2D eigenvalue weighted by Gasteiger charge is 2.29. The first kappa shape index (κ1) is 11.8. The molecule has 0 aliphatic carbocycles. The molecule has 1 aromatic rings. The molecule has 0 amide bonds. The highest BCUT2D eigenvalue weighted by Crippen LogP contribution is 2.30. The summed E-state index contributed by atoms with van der Waals surface area (Å²) in [7, 11) is 0. The van der Waals surface area contributed by atoms with Crippen LogP contribution in [0.25, 0.3) is 0 Å². The number of halogens is 1. The Labute approximate surface area is 95.2 Å². The third-order valence-corrected chi connectivity index (χ3v) is 2.29. The van der Waals surface area contributed by atoms with Crippen LogP contribution in [0.4, 0.5) is 4.39 Å². The topological polar surface area (TPSA) is 99.1 Å². The fourth-order valence-corrected chi connectivity index (χ4v) is 1.59. The summed E-state index contributed by atoms with van der Waals surface area (Å²) in [6, 6.07) is 2.17. The highest BCUT2D eigenvalue weighted by atomic mass is 19.1. The highest BCUT2D eigenvalue weighted by molar-refractivity contribution is 6.58. The van der Waals surface area contributed by atoms with Crippen LogP contribution in [0.5, 0.6) is 5.75 Å². The number of aromatic carboxylic acids is 1. The van der Waals surface area contributed by atoms with Gasteiger partial charge in [-0.25, -0.2) is 4.39 Å². The first-order chi connectivity index (χ1) is 7.91. The van der Waals surface area contributed by atoms with Crippen LogP contribution in [-0.4, -0.2) is 29.3 Å². The van der Waals surface area contributed by atoms with Crippen molar-refractivity contribution in [3.05, 3.63) is 29.1 Å². The molecular weight excluding hydrogens is 234 g/mol. The second-order valence-electron chi connectivity index (χ2n) is 3.69. The number of carboxylic acid groups (broad SMARTS) is 1. The van der Waals surface area contributed by atoms with E-state index in [1.807, 2.05) is 0 Å². The maximum absolute atomic E-state index is 13.3. The van der Waals surface area contributed by atoms with Gasteiger partial charge in [-0.1, -0.05) is 6.07 Å². The van der Waals surface area contributed by atoms with E-state index < -0.39 is 36.4 Å². The van der Waals surface area contributed by atoms with Gasteiger partial charge in [0.05, 0.1) is 23.9 Å². The molecular formula is C9H8BFO6-2. The molecule has 92 valence electrons. The lowest BCUT2D eigenvalue weighted by atomic mass is 9.81. The smallest absolute Gasteiger partial charge is 0.455 e. The normalized spacial score (nSPS) is 17.8. The SMILES string of the molecule is O=C([O-])c1c(F)ccc2c1O[B-](O)(O)COC2. The molecule has 8 heteroatoms. The summed E-state index contributed by atoms with van der Waals surface area (Å²) in [6.45, 7) is -4.00. The second kappa shape index (κ2) is 3.99. The summed E-state index contributed by atoms with van der Waals surface area (Å²) in [6.07, 6.45) is 0. The van der Waals surface area contributed by atoms with Crippen LogP contribution >= 0.6 is 0 Å². The van der Waals surface area contributed by atoms with Crippen molar-refractivity contribution in [3.8, 4) is 5.75 Å². The van der Waals surface area contributed by atoms with E-state index in [9.17, 15) is 24.3 Å². The molecule has 0 unspecified atom stereocenters. The lowest BCUT2D eigenvalue weighted by Crippen LogP contribution is -2.47. The molecule has 0 radical (unpaired) electrons. The van der Waals surface area contributed by atoms with Crippen LogP contribution in [0, 0.1) is 5.82 Å². The fourth-order valence-electron chi connectivity index (χ4n) is 1.59. The summed E-state index contributed by atoms with van der Waals surface area (Å²) in [5, 5.41) is 29.5. The van der Waals surface area contributed by atoms with Crippen molar-refractivity contribution in [2.45, 2.75) is 6.61 Å². The number of hydrogen-bond donors (Lipinski definition) is 2. The Balaban J connectivity index is 2.59. The predicted octanol–water partition coefficient (Wildman–Crippen LogP) is -1.44. The van der Waals surface area contributed by atoms with E-state index in [1.54, 1.807) is 0 Å². The van der Waals surface area contributed by atoms with E-state index in [2.05, 4.69) is 0 Å². The number of rotatable bonds is 1. The first-order valence-electron chi connectivity index (χ1n) is 4.80. The van der Waals surface area contributed by atoms with E-state index in [0.717, 1.165) is 6.07 Å². The monoisotopic (exact) mass is 242 g/mol. The van der Waals surface area contributed by atoms with Gasteiger partial charge in [0, 0.05) is 12.1 Å². The molecule has 1 aliphatic heterocycles. The van der Waals surface area contributed by atoms with Crippen molar-refractivity contribution >= 4 is 12.7 Å². The maximum atomic E-state index is 13.3. The molecule has 2 N–H and O–H groups in total. The third-order valence-electron chi connectivity index (χ3n) is 2.29. The number of benzene rings is 1. The molecule has 17 heavy (non-hydrogen) atoms. The molecule has 1 heterocycles. The van der Waals surface area contributed by atoms with E-state index in [0.29, 0.717) is 0 Å². The van der Waals surface area contributed by atoms with Crippen LogP contribution in [0.15, 0.2) is 12.1 Å². The zero-order valence-corrected chi connectivity index (χ0v) is 8.55. The van der Waals surface area contributed by atoms with E-state index in [1.165, 1.54) is 6.07 Å². The Morgan fingerprint density at radius 1 is 1.47 bits per heavy atom. The predicted molar refractivity (Wildman–Crippen MR) is 51.2 cm³/mol. The van der Waals surface area contributed by atoms with Crippen molar-refractivity contribution < 1.29 is 33.7 Å². The van der Waals surface area contributed by atoms with Gasteiger partial charge in [-0.05, 0) is 6.07 Å². The number of carbonyl (C=O) groups excluding carboxylic acids is 1. The van der Waals surface area contributed by atoms with Crippen LogP contribution in [-0.2, 0) is 11.3 Å². The van der Waals surface area contributed by atoms with Gasteiger partial charge in [-0.2, -0.15) is 0 Å². The molecule has 1 aliphatic rings. The Kier molecular flexibility index (Phi) is 2.78. The summed E-state index contributed by atoms with van der Waals surface area (Å²) >= 11 is 0. The lowest BCUT2D eigenvalue weighted by molar-refractivity contribution is -0.255. The molecule has 0 atom stereocenters. The van der Waals surface area contributed by atoms with E-state index in [-0.39, 0.29) is 12.2 Å². The van der Waals surface area contributed by atoms with Gasteiger partial charge in [0.15, 0.2) is 0 Å². The lowest BCUT2D eigenvalue weighted by Gasteiger charge is -2.29. The van der Waals surface area contributed by atoms with Gasteiger partial charge in [0.25, 0.3) is 0 Å². The Bertz CT molecular complexity index is 475. The van der Waals surface area contributed by atoms with Crippen molar-refractivity contribution in [1.82, 2.24) is 0 Å². The second-order valence-corrected chi connectivity index (χ2v) is 3.69. The number of carbonyl (C=O) groups is 1. The van der Waals surface area contributed by atoms with Crippen LogP contribution in [0.1, 0.15) is 15.9 Å². The summed E-state index contributed by atoms with van der Waals surface area (Å²) in [5.41, 5.74) is -0.639.